The van der Waals surface area contributed by atoms with Crippen molar-refractivity contribution in [3.8, 4) is 0 Å². The van der Waals surface area contributed by atoms with Crippen LogP contribution in [-0.4, -0.2) is 15.3 Å². The van der Waals surface area contributed by atoms with E-state index < -0.39 is 0 Å². The number of carbonyl (C=O) groups excluding carboxylic acids is 1. The van der Waals surface area contributed by atoms with Gasteiger partial charge in [-0.1, -0.05) is 41.9 Å². The summed E-state index contributed by atoms with van der Waals surface area (Å²) in [6.45, 7) is -0.0333. The van der Waals surface area contributed by atoms with E-state index in [1.54, 1.807) is 42.5 Å². The second-order valence-electron chi connectivity index (χ2n) is 4.63. The highest BCUT2D eigenvalue weighted by Crippen LogP contribution is 2.14. The number of aromatic nitrogens is 2. The fraction of sp³-hybridized carbons (Fsp3) is 0.0625. The van der Waals surface area contributed by atoms with E-state index in [4.69, 9.17) is 11.6 Å². The Morgan fingerprint density at radius 1 is 1.14 bits per heavy atom. The number of fused-ring (bicyclic) bond motifs is 1. The highest BCUT2D eigenvalue weighted by Gasteiger charge is 2.10. The summed E-state index contributed by atoms with van der Waals surface area (Å²) in [4.78, 5) is 28.7. The number of benzene rings is 2. The lowest BCUT2D eigenvalue weighted by Crippen LogP contribution is -2.24. The lowest BCUT2D eigenvalue weighted by Gasteiger charge is -2.06. The molecule has 0 fully saturated rings. The first-order valence-electron chi connectivity index (χ1n) is 6.38. The molecule has 0 bridgehead atoms. The second-order valence-corrected chi connectivity index (χ2v) is 5.06. The van der Waals surface area contributed by atoms with Crippen LogP contribution in [0.3, 0.4) is 0 Å². The van der Waals surface area contributed by atoms with Gasteiger partial charge >= 0.3 is 0 Å². The molecule has 1 heterocycles. The van der Waals surface area contributed by atoms with E-state index in [0.29, 0.717) is 21.5 Å². The molecule has 0 N–H and O–H groups in total. The van der Waals surface area contributed by atoms with Crippen LogP contribution in [0.25, 0.3) is 10.9 Å². The highest BCUT2D eigenvalue weighted by molar-refractivity contribution is 6.31. The largest absolute Gasteiger partial charge is 0.292 e. The molecule has 2 aromatic carbocycles. The maximum atomic E-state index is 12.3. The maximum Gasteiger partial charge on any atom is 0.261 e. The second kappa shape index (κ2) is 5.50. The van der Waals surface area contributed by atoms with Crippen LogP contribution in [0.15, 0.2) is 59.7 Å². The minimum atomic E-state index is -0.249. The van der Waals surface area contributed by atoms with Crippen LogP contribution in [0.2, 0.25) is 5.02 Å². The number of Topliss-reactive ketones (excluding diaryl/α,β-unsaturated/α-hetero) is 1. The summed E-state index contributed by atoms with van der Waals surface area (Å²) in [5, 5.41) is 0.968. The predicted molar refractivity (Wildman–Crippen MR) is 81.8 cm³/mol. The summed E-state index contributed by atoms with van der Waals surface area (Å²) in [5.41, 5.74) is 0.845. The predicted octanol–water partition coefficient (Wildman–Crippen LogP) is 2.93. The third kappa shape index (κ3) is 2.71. The molecule has 0 aliphatic heterocycles. The lowest BCUT2D eigenvalue weighted by molar-refractivity contribution is 0.0970. The first kappa shape index (κ1) is 13.5. The molecule has 0 spiro atoms. The molecule has 21 heavy (non-hydrogen) atoms. The number of hydrogen-bond donors (Lipinski definition) is 0. The van der Waals surface area contributed by atoms with Gasteiger partial charge in [-0.15, -0.1) is 0 Å². The molecule has 3 aromatic rings. The standard InChI is InChI=1S/C16H11ClN2O2/c17-12-6-7-13-14(8-12)18-10-19(16(13)21)9-15(20)11-4-2-1-3-5-11/h1-8,10H,9H2. The minimum absolute atomic E-state index is 0.0333. The van der Waals surface area contributed by atoms with Gasteiger partial charge in [0, 0.05) is 10.6 Å². The van der Waals surface area contributed by atoms with Crippen LogP contribution in [-0.2, 0) is 6.54 Å². The molecule has 0 aliphatic rings. The first-order chi connectivity index (χ1) is 10.1. The molecular weight excluding hydrogens is 288 g/mol. The van der Waals surface area contributed by atoms with Gasteiger partial charge in [0.25, 0.3) is 5.56 Å². The van der Waals surface area contributed by atoms with Gasteiger partial charge in [-0.05, 0) is 18.2 Å². The van der Waals surface area contributed by atoms with Gasteiger partial charge in [0.2, 0.25) is 0 Å². The number of rotatable bonds is 3. The van der Waals surface area contributed by atoms with Crippen molar-refractivity contribution >= 4 is 28.3 Å². The smallest absolute Gasteiger partial charge is 0.261 e. The van der Waals surface area contributed by atoms with Gasteiger partial charge in [0.05, 0.1) is 23.8 Å². The molecular formula is C16H11ClN2O2. The molecule has 0 amide bonds. The van der Waals surface area contributed by atoms with Crippen LogP contribution in [0.1, 0.15) is 10.4 Å². The average Bonchev–Trinajstić information content (AvgIpc) is 2.51. The molecule has 0 aliphatic carbocycles. The van der Waals surface area contributed by atoms with Crippen molar-refractivity contribution in [3.05, 3.63) is 75.8 Å². The van der Waals surface area contributed by atoms with Crippen LogP contribution in [0, 0.1) is 0 Å². The van der Waals surface area contributed by atoms with Crippen molar-refractivity contribution in [1.82, 2.24) is 9.55 Å². The molecule has 0 unspecified atom stereocenters. The molecule has 1 aromatic heterocycles. The number of halogens is 1. The zero-order valence-corrected chi connectivity index (χ0v) is 11.7. The number of nitrogens with zero attached hydrogens (tertiary/aromatic N) is 2. The summed E-state index contributed by atoms with van der Waals surface area (Å²) in [6.07, 6.45) is 1.38. The molecule has 104 valence electrons. The Balaban J connectivity index is 1.98. The van der Waals surface area contributed by atoms with E-state index in [-0.39, 0.29) is 17.9 Å². The Bertz CT molecular complexity index is 872. The van der Waals surface area contributed by atoms with Gasteiger partial charge < -0.3 is 0 Å². The van der Waals surface area contributed by atoms with E-state index in [1.165, 1.54) is 10.9 Å². The average molecular weight is 299 g/mol. The SMILES string of the molecule is O=C(Cn1cnc2cc(Cl)ccc2c1=O)c1ccccc1. The minimum Gasteiger partial charge on any atom is -0.292 e. The number of hydrogen-bond acceptors (Lipinski definition) is 3. The summed E-state index contributed by atoms with van der Waals surface area (Å²) in [6, 6.07) is 13.7. The number of carbonyl (C=O) groups is 1. The van der Waals surface area contributed by atoms with E-state index in [0.717, 1.165) is 0 Å². The highest BCUT2D eigenvalue weighted by atomic mass is 35.5. The Morgan fingerprint density at radius 2 is 1.90 bits per heavy atom. The van der Waals surface area contributed by atoms with Gasteiger partial charge in [-0.3, -0.25) is 14.2 Å². The van der Waals surface area contributed by atoms with Crippen LogP contribution in [0.5, 0.6) is 0 Å². The zero-order valence-electron chi connectivity index (χ0n) is 11.0. The van der Waals surface area contributed by atoms with Crippen molar-refractivity contribution < 1.29 is 4.79 Å². The van der Waals surface area contributed by atoms with Crippen LogP contribution >= 0.6 is 11.6 Å². The fourth-order valence-corrected chi connectivity index (χ4v) is 2.28. The lowest BCUT2D eigenvalue weighted by atomic mass is 10.1. The van der Waals surface area contributed by atoms with E-state index in [2.05, 4.69) is 4.98 Å². The van der Waals surface area contributed by atoms with E-state index >= 15 is 0 Å². The molecule has 5 heteroatoms. The number of ketones is 1. The van der Waals surface area contributed by atoms with E-state index in [1.807, 2.05) is 6.07 Å². The van der Waals surface area contributed by atoms with Gasteiger partial charge in [0.15, 0.2) is 5.78 Å². The summed E-state index contributed by atoms with van der Waals surface area (Å²) < 4.78 is 1.31. The van der Waals surface area contributed by atoms with Crippen LogP contribution < -0.4 is 5.56 Å². The summed E-state index contributed by atoms with van der Waals surface area (Å²) in [7, 11) is 0. The van der Waals surface area contributed by atoms with Gasteiger partial charge in [-0.25, -0.2) is 4.98 Å². The molecule has 0 radical (unpaired) electrons. The van der Waals surface area contributed by atoms with E-state index in [9.17, 15) is 9.59 Å². The first-order valence-corrected chi connectivity index (χ1v) is 6.76. The maximum absolute atomic E-state index is 12.3. The molecule has 0 saturated carbocycles. The third-order valence-corrected chi connectivity index (χ3v) is 3.43. The molecule has 0 saturated heterocycles. The van der Waals surface area contributed by atoms with Gasteiger partial charge in [-0.2, -0.15) is 0 Å². The zero-order chi connectivity index (χ0) is 14.8. The van der Waals surface area contributed by atoms with Crippen molar-refractivity contribution in [2.24, 2.45) is 0 Å². The topological polar surface area (TPSA) is 52.0 Å². The Kier molecular flexibility index (Phi) is 3.54. The van der Waals surface area contributed by atoms with Crippen molar-refractivity contribution in [2.45, 2.75) is 6.54 Å². The monoisotopic (exact) mass is 298 g/mol. The Morgan fingerprint density at radius 3 is 2.67 bits per heavy atom. The molecule has 4 nitrogen and oxygen atoms in total. The van der Waals surface area contributed by atoms with Crippen molar-refractivity contribution in [1.29, 1.82) is 0 Å². The van der Waals surface area contributed by atoms with Gasteiger partial charge in [0.1, 0.15) is 0 Å². The normalized spacial score (nSPS) is 10.7. The van der Waals surface area contributed by atoms with Crippen molar-refractivity contribution in [2.75, 3.05) is 0 Å². The molecule has 0 atom stereocenters. The third-order valence-electron chi connectivity index (χ3n) is 3.20. The molecule has 3 rings (SSSR count). The Hall–Kier alpha value is -2.46. The van der Waals surface area contributed by atoms with Crippen LogP contribution in [0.4, 0.5) is 0 Å². The Labute approximate surface area is 125 Å². The summed E-state index contributed by atoms with van der Waals surface area (Å²) in [5.74, 6) is -0.132. The quantitative estimate of drug-likeness (QED) is 0.699. The van der Waals surface area contributed by atoms with Crippen molar-refractivity contribution in [3.63, 3.8) is 0 Å². The fourth-order valence-electron chi connectivity index (χ4n) is 2.11. The summed E-state index contributed by atoms with van der Waals surface area (Å²) >= 11 is 5.87.